The summed E-state index contributed by atoms with van der Waals surface area (Å²) < 4.78 is 10.6. The number of rotatable bonds is 3. The van der Waals surface area contributed by atoms with Gasteiger partial charge in [-0.1, -0.05) is 12.2 Å². The second-order valence-corrected chi connectivity index (χ2v) is 6.62. The molecule has 0 fully saturated rings. The smallest absolute Gasteiger partial charge is 0.410 e. The summed E-state index contributed by atoms with van der Waals surface area (Å²) in [5, 5.41) is 0. The first kappa shape index (κ1) is 18.0. The molecular weight excluding hydrogens is 308 g/mol. The van der Waals surface area contributed by atoms with Crippen molar-refractivity contribution in [3.8, 4) is 0 Å². The Morgan fingerprint density at radius 3 is 2.79 bits per heavy atom. The van der Waals surface area contributed by atoms with Gasteiger partial charge in [-0.05, 0) is 45.7 Å². The largest absolute Gasteiger partial charge is 0.457 e. The van der Waals surface area contributed by atoms with Crippen LogP contribution in [0.1, 0.15) is 49.3 Å². The first-order valence-corrected chi connectivity index (χ1v) is 8.05. The number of aromatic nitrogens is 1. The maximum Gasteiger partial charge on any atom is 0.410 e. The molecule has 2 rings (SSSR count). The van der Waals surface area contributed by atoms with E-state index in [9.17, 15) is 9.59 Å². The van der Waals surface area contributed by atoms with E-state index in [4.69, 9.17) is 9.47 Å². The van der Waals surface area contributed by atoms with E-state index in [1.165, 1.54) is 0 Å². The third-order valence-corrected chi connectivity index (χ3v) is 3.54. The van der Waals surface area contributed by atoms with Gasteiger partial charge in [0.15, 0.2) is 5.69 Å². The summed E-state index contributed by atoms with van der Waals surface area (Å²) in [5.74, 6) is -0.476. The average molecular weight is 332 g/mol. The Morgan fingerprint density at radius 2 is 2.12 bits per heavy atom. The summed E-state index contributed by atoms with van der Waals surface area (Å²) in [6, 6.07) is 1.88. The molecule has 0 atom stereocenters. The number of allylic oxidation sites excluding steroid dienone is 1. The minimum absolute atomic E-state index is 0.205. The van der Waals surface area contributed by atoms with E-state index < -0.39 is 11.6 Å². The van der Waals surface area contributed by atoms with Crippen molar-refractivity contribution in [3.63, 3.8) is 0 Å². The minimum Gasteiger partial charge on any atom is -0.457 e. The maximum absolute atomic E-state index is 12.3. The first-order valence-electron chi connectivity index (χ1n) is 8.05. The Hall–Kier alpha value is -2.37. The van der Waals surface area contributed by atoms with Crippen molar-refractivity contribution in [1.82, 2.24) is 9.88 Å². The van der Waals surface area contributed by atoms with Gasteiger partial charge in [-0.2, -0.15) is 0 Å². The normalized spacial score (nSPS) is 14.4. The summed E-state index contributed by atoms with van der Waals surface area (Å²) in [7, 11) is 0. The maximum atomic E-state index is 12.3. The van der Waals surface area contributed by atoms with Crippen molar-refractivity contribution in [2.75, 3.05) is 13.2 Å². The molecular formula is C18H24N2O4. The topological polar surface area (TPSA) is 68.7 Å². The molecule has 1 amide bonds. The summed E-state index contributed by atoms with van der Waals surface area (Å²) in [6.07, 6.45) is 5.44. The van der Waals surface area contributed by atoms with Crippen LogP contribution in [0, 0.1) is 0 Å². The molecule has 0 bridgehead atoms. The van der Waals surface area contributed by atoms with Crippen LogP contribution in [0.25, 0.3) is 0 Å². The van der Waals surface area contributed by atoms with E-state index in [1.807, 2.05) is 39.8 Å². The lowest BCUT2D eigenvalue weighted by Crippen LogP contribution is -2.40. The molecule has 130 valence electrons. The standard InChI is InChI=1S/C18H24N2O4/c1-5-6-11-23-16(21)15-14-12-20(17(22)24-18(2,3)4)10-8-13(14)7-9-19-15/h5-7,9H,8,10-12H2,1-4H3/b6-5+. The summed E-state index contributed by atoms with van der Waals surface area (Å²) >= 11 is 0. The highest BCUT2D eigenvalue weighted by Gasteiger charge is 2.29. The highest BCUT2D eigenvalue weighted by atomic mass is 16.6. The van der Waals surface area contributed by atoms with Crippen LogP contribution in [0.15, 0.2) is 24.4 Å². The molecule has 0 radical (unpaired) electrons. The van der Waals surface area contributed by atoms with Crippen LogP contribution in [0.3, 0.4) is 0 Å². The molecule has 0 aromatic carbocycles. The second kappa shape index (κ2) is 7.47. The van der Waals surface area contributed by atoms with E-state index in [-0.39, 0.29) is 18.4 Å². The number of fused-ring (bicyclic) bond motifs is 1. The number of esters is 1. The zero-order chi connectivity index (χ0) is 17.7. The lowest BCUT2D eigenvalue weighted by atomic mass is 9.99. The fourth-order valence-electron chi connectivity index (χ4n) is 2.41. The van der Waals surface area contributed by atoms with Crippen LogP contribution >= 0.6 is 0 Å². The quantitative estimate of drug-likeness (QED) is 0.628. The van der Waals surface area contributed by atoms with Crippen molar-refractivity contribution >= 4 is 12.1 Å². The number of nitrogens with zero attached hydrogens (tertiary/aromatic N) is 2. The van der Waals surface area contributed by atoms with E-state index in [2.05, 4.69) is 4.98 Å². The molecule has 0 N–H and O–H groups in total. The Labute approximate surface area is 142 Å². The zero-order valence-corrected chi connectivity index (χ0v) is 14.7. The number of carbonyl (C=O) groups excluding carboxylic acids is 2. The first-order chi connectivity index (χ1) is 11.3. The minimum atomic E-state index is -0.555. The number of hydrogen-bond acceptors (Lipinski definition) is 5. The molecule has 0 saturated heterocycles. The molecule has 1 aromatic heterocycles. The molecule has 24 heavy (non-hydrogen) atoms. The molecule has 0 unspecified atom stereocenters. The molecule has 2 heterocycles. The van der Waals surface area contributed by atoms with Crippen molar-refractivity contribution < 1.29 is 19.1 Å². The SMILES string of the molecule is C/C=C/COC(=O)c1nccc2c1CN(C(=O)OC(C)(C)C)CC2. The number of hydrogen-bond donors (Lipinski definition) is 0. The van der Waals surface area contributed by atoms with Crippen molar-refractivity contribution in [2.45, 2.75) is 46.3 Å². The number of pyridine rings is 1. The highest BCUT2D eigenvalue weighted by Crippen LogP contribution is 2.23. The second-order valence-electron chi connectivity index (χ2n) is 6.62. The Morgan fingerprint density at radius 1 is 1.38 bits per heavy atom. The molecule has 1 aliphatic rings. The van der Waals surface area contributed by atoms with Gasteiger partial charge in [-0.15, -0.1) is 0 Å². The number of amides is 1. The molecule has 0 aliphatic carbocycles. The highest BCUT2D eigenvalue weighted by molar-refractivity contribution is 5.89. The Bertz CT molecular complexity index is 647. The van der Waals surface area contributed by atoms with Gasteiger partial charge in [0, 0.05) is 18.3 Å². The fourth-order valence-corrected chi connectivity index (χ4v) is 2.41. The molecule has 0 spiro atoms. The van der Waals surface area contributed by atoms with Crippen LogP contribution in [0.4, 0.5) is 4.79 Å². The number of carbonyl (C=O) groups is 2. The monoisotopic (exact) mass is 332 g/mol. The summed E-state index contributed by atoms with van der Waals surface area (Å²) in [6.45, 7) is 8.40. The van der Waals surface area contributed by atoms with Gasteiger partial charge < -0.3 is 14.4 Å². The van der Waals surface area contributed by atoms with Crippen molar-refractivity contribution in [1.29, 1.82) is 0 Å². The lowest BCUT2D eigenvalue weighted by Gasteiger charge is -2.31. The van der Waals surface area contributed by atoms with Gasteiger partial charge in [0.25, 0.3) is 0 Å². The van der Waals surface area contributed by atoms with Crippen LogP contribution in [-0.4, -0.2) is 40.7 Å². The van der Waals surface area contributed by atoms with Crippen molar-refractivity contribution in [2.24, 2.45) is 0 Å². The van der Waals surface area contributed by atoms with Crippen LogP contribution in [-0.2, 0) is 22.4 Å². The predicted octanol–water partition coefficient (Wildman–Crippen LogP) is 3.11. The van der Waals surface area contributed by atoms with Crippen LogP contribution in [0.2, 0.25) is 0 Å². The van der Waals surface area contributed by atoms with E-state index in [0.717, 1.165) is 11.1 Å². The van der Waals surface area contributed by atoms with Gasteiger partial charge in [0.2, 0.25) is 0 Å². The van der Waals surface area contributed by atoms with E-state index in [0.29, 0.717) is 19.5 Å². The van der Waals surface area contributed by atoms with E-state index in [1.54, 1.807) is 17.2 Å². The summed E-state index contributed by atoms with van der Waals surface area (Å²) in [5.41, 5.74) is 1.47. The van der Waals surface area contributed by atoms with E-state index >= 15 is 0 Å². The third kappa shape index (κ3) is 4.57. The zero-order valence-electron chi connectivity index (χ0n) is 14.7. The molecule has 6 heteroatoms. The Balaban J connectivity index is 2.17. The van der Waals surface area contributed by atoms with Gasteiger partial charge in [-0.25, -0.2) is 14.6 Å². The van der Waals surface area contributed by atoms with Gasteiger partial charge in [0.05, 0.1) is 6.54 Å². The predicted molar refractivity (Wildman–Crippen MR) is 89.7 cm³/mol. The molecule has 0 saturated carbocycles. The van der Waals surface area contributed by atoms with Crippen molar-refractivity contribution in [3.05, 3.63) is 41.2 Å². The molecule has 1 aromatic rings. The summed E-state index contributed by atoms with van der Waals surface area (Å²) in [4.78, 5) is 30.3. The van der Waals surface area contributed by atoms with Crippen LogP contribution in [0.5, 0.6) is 0 Å². The van der Waals surface area contributed by atoms with Gasteiger partial charge in [-0.3, -0.25) is 0 Å². The Kier molecular flexibility index (Phi) is 5.59. The lowest BCUT2D eigenvalue weighted by molar-refractivity contribution is 0.0219. The molecule has 1 aliphatic heterocycles. The fraction of sp³-hybridized carbons (Fsp3) is 0.500. The number of ether oxygens (including phenoxy) is 2. The molecule has 6 nitrogen and oxygen atoms in total. The average Bonchev–Trinajstić information content (AvgIpc) is 2.52. The van der Waals surface area contributed by atoms with Gasteiger partial charge in [0.1, 0.15) is 12.2 Å². The van der Waals surface area contributed by atoms with Crippen LogP contribution < -0.4 is 0 Å². The van der Waals surface area contributed by atoms with Gasteiger partial charge >= 0.3 is 12.1 Å². The third-order valence-electron chi connectivity index (χ3n) is 3.54.